The Balaban J connectivity index is 1.85. The Morgan fingerprint density at radius 1 is 1.08 bits per heavy atom. The maximum Gasteiger partial charge on any atom is 0.319 e. The SMILES string of the molecule is COc1ncc(-c2cc(N3C[C@@H](F)[C@@H](F)C3)n3ncnc3n2)c(OC)n1. The summed E-state index contributed by atoms with van der Waals surface area (Å²) in [4.78, 5) is 18.3. The van der Waals surface area contributed by atoms with Gasteiger partial charge < -0.3 is 14.4 Å². The molecule has 0 amide bonds. The monoisotopic (exact) mass is 363 g/mol. The normalized spacial score (nSPS) is 19.9. The highest BCUT2D eigenvalue weighted by atomic mass is 19.2. The van der Waals surface area contributed by atoms with E-state index < -0.39 is 12.3 Å². The summed E-state index contributed by atoms with van der Waals surface area (Å²) in [5.41, 5.74) is 0.936. The van der Waals surface area contributed by atoms with E-state index in [0.29, 0.717) is 17.1 Å². The van der Waals surface area contributed by atoms with Gasteiger partial charge in [-0.2, -0.15) is 19.6 Å². The molecule has 11 heteroatoms. The molecule has 1 aliphatic heterocycles. The number of aromatic nitrogens is 6. The number of fused-ring (bicyclic) bond motifs is 1. The molecule has 1 fully saturated rings. The van der Waals surface area contributed by atoms with Crippen molar-refractivity contribution >= 4 is 11.6 Å². The van der Waals surface area contributed by atoms with Gasteiger partial charge in [0.15, 0.2) is 12.3 Å². The van der Waals surface area contributed by atoms with Crippen LogP contribution in [0.25, 0.3) is 17.0 Å². The molecule has 136 valence electrons. The van der Waals surface area contributed by atoms with Crippen LogP contribution in [-0.4, -0.2) is 69.2 Å². The van der Waals surface area contributed by atoms with Gasteiger partial charge in [-0.25, -0.2) is 18.7 Å². The predicted molar refractivity (Wildman–Crippen MR) is 86.9 cm³/mol. The van der Waals surface area contributed by atoms with E-state index in [1.165, 1.54) is 31.3 Å². The van der Waals surface area contributed by atoms with Crippen LogP contribution < -0.4 is 14.4 Å². The molecular formula is C15H15F2N7O2. The molecule has 2 atom stereocenters. The van der Waals surface area contributed by atoms with Crippen LogP contribution in [0.3, 0.4) is 0 Å². The van der Waals surface area contributed by atoms with Gasteiger partial charge in [-0.15, -0.1) is 0 Å². The second kappa shape index (κ2) is 6.32. The molecule has 0 unspecified atom stereocenters. The van der Waals surface area contributed by atoms with Crippen LogP contribution in [0, 0.1) is 0 Å². The van der Waals surface area contributed by atoms with E-state index in [2.05, 4.69) is 25.0 Å². The Labute approximate surface area is 146 Å². The fourth-order valence-electron chi connectivity index (χ4n) is 2.85. The number of rotatable bonds is 4. The van der Waals surface area contributed by atoms with Gasteiger partial charge in [-0.1, -0.05) is 0 Å². The minimum Gasteiger partial charge on any atom is -0.480 e. The van der Waals surface area contributed by atoms with Crippen molar-refractivity contribution in [3.05, 3.63) is 18.6 Å². The number of methoxy groups -OCH3 is 2. The summed E-state index contributed by atoms with van der Waals surface area (Å²) in [7, 11) is 2.91. The molecule has 0 aromatic carbocycles. The minimum absolute atomic E-state index is 0.0736. The number of hydrogen-bond acceptors (Lipinski definition) is 8. The highest BCUT2D eigenvalue weighted by molar-refractivity contribution is 5.69. The molecule has 26 heavy (non-hydrogen) atoms. The van der Waals surface area contributed by atoms with E-state index >= 15 is 0 Å². The quantitative estimate of drug-likeness (QED) is 0.681. The second-order valence-electron chi connectivity index (χ2n) is 5.69. The maximum absolute atomic E-state index is 13.7. The summed E-state index contributed by atoms with van der Waals surface area (Å²) >= 11 is 0. The topological polar surface area (TPSA) is 90.6 Å². The van der Waals surface area contributed by atoms with E-state index in [4.69, 9.17) is 9.47 Å². The van der Waals surface area contributed by atoms with Gasteiger partial charge in [-0.3, -0.25) is 0 Å². The van der Waals surface area contributed by atoms with Crippen molar-refractivity contribution in [1.82, 2.24) is 29.5 Å². The van der Waals surface area contributed by atoms with Gasteiger partial charge in [0, 0.05) is 12.3 Å². The second-order valence-corrected chi connectivity index (χ2v) is 5.69. The average Bonchev–Trinajstić information content (AvgIpc) is 3.26. The average molecular weight is 363 g/mol. The number of halogens is 2. The van der Waals surface area contributed by atoms with Crippen molar-refractivity contribution in [2.45, 2.75) is 12.3 Å². The van der Waals surface area contributed by atoms with E-state index in [1.807, 2.05) is 0 Å². The lowest BCUT2D eigenvalue weighted by molar-refractivity contribution is 0.217. The standard InChI is InChI=1S/C15H15F2N7O2/c1-25-13-8(4-18-15(22-13)26-2)11-3-12(23-5-9(16)10(17)6-23)24-14(21-11)19-7-20-24/h3-4,7,9-10H,5-6H2,1-2H3/t9-,10+. The largest absolute Gasteiger partial charge is 0.480 e. The number of alkyl halides is 2. The molecule has 0 spiro atoms. The molecule has 0 radical (unpaired) electrons. The number of ether oxygens (including phenoxy) is 2. The molecule has 4 rings (SSSR count). The van der Waals surface area contributed by atoms with Crippen LogP contribution >= 0.6 is 0 Å². The van der Waals surface area contributed by atoms with E-state index in [0.717, 1.165) is 0 Å². The number of hydrogen-bond donors (Lipinski definition) is 0. The Morgan fingerprint density at radius 3 is 2.54 bits per heavy atom. The molecule has 0 N–H and O–H groups in total. The fourth-order valence-corrected chi connectivity index (χ4v) is 2.85. The summed E-state index contributed by atoms with van der Waals surface area (Å²) in [6, 6.07) is 1.80. The van der Waals surface area contributed by atoms with Crippen LogP contribution in [0.5, 0.6) is 11.9 Å². The minimum atomic E-state index is -1.55. The zero-order valence-corrected chi connectivity index (χ0v) is 14.0. The lowest BCUT2D eigenvalue weighted by Gasteiger charge is -2.19. The summed E-state index contributed by atoms with van der Waals surface area (Å²) in [6.45, 7) is -0.147. The summed E-state index contributed by atoms with van der Waals surface area (Å²) in [6.07, 6.45) is -0.273. The molecule has 3 aromatic rings. The number of anilines is 1. The fraction of sp³-hybridized carbons (Fsp3) is 0.400. The first-order valence-corrected chi connectivity index (χ1v) is 7.80. The summed E-state index contributed by atoms with van der Waals surface area (Å²) in [5, 5.41) is 4.09. The van der Waals surface area contributed by atoms with Gasteiger partial charge in [-0.05, 0) is 0 Å². The molecule has 4 heterocycles. The molecule has 1 aliphatic rings. The maximum atomic E-state index is 13.7. The Kier molecular flexibility index (Phi) is 3.98. The molecule has 0 bridgehead atoms. The van der Waals surface area contributed by atoms with Gasteiger partial charge in [0.1, 0.15) is 12.1 Å². The molecule has 9 nitrogen and oxygen atoms in total. The van der Waals surface area contributed by atoms with Crippen LogP contribution in [0.15, 0.2) is 18.6 Å². The van der Waals surface area contributed by atoms with Gasteiger partial charge in [0.05, 0.1) is 38.6 Å². The van der Waals surface area contributed by atoms with Crippen LogP contribution in [0.4, 0.5) is 14.6 Å². The van der Waals surface area contributed by atoms with Gasteiger partial charge in [0.25, 0.3) is 5.78 Å². The van der Waals surface area contributed by atoms with Crippen molar-refractivity contribution in [3.63, 3.8) is 0 Å². The predicted octanol–water partition coefficient (Wildman–Crippen LogP) is 1.09. The summed E-state index contributed by atoms with van der Waals surface area (Å²) < 4.78 is 39.1. The van der Waals surface area contributed by atoms with Crippen molar-refractivity contribution in [2.24, 2.45) is 0 Å². The Hall–Kier alpha value is -3.11. The van der Waals surface area contributed by atoms with Gasteiger partial charge >= 0.3 is 6.01 Å². The van der Waals surface area contributed by atoms with E-state index in [9.17, 15) is 8.78 Å². The van der Waals surface area contributed by atoms with Crippen molar-refractivity contribution < 1.29 is 18.3 Å². The van der Waals surface area contributed by atoms with Crippen molar-refractivity contribution in [1.29, 1.82) is 0 Å². The smallest absolute Gasteiger partial charge is 0.319 e. The third-order valence-electron chi connectivity index (χ3n) is 4.12. The third-order valence-corrected chi connectivity index (χ3v) is 4.12. The molecule has 1 saturated heterocycles. The highest BCUT2D eigenvalue weighted by Gasteiger charge is 2.34. The first-order chi connectivity index (χ1) is 12.6. The molecular weight excluding hydrogens is 348 g/mol. The summed E-state index contributed by atoms with van der Waals surface area (Å²) in [5.74, 6) is 1.02. The number of nitrogens with zero attached hydrogens (tertiary/aromatic N) is 7. The lowest BCUT2D eigenvalue weighted by atomic mass is 10.2. The van der Waals surface area contributed by atoms with Crippen molar-refractivity contribution in [3.8, 4) is 23.1 Å². The van der Waals surface area contributed by atoms with E-state index in [-0.39, 0.29) is 30.8 Å². The first-order valence-electron chi connectivity index (χ1n) is 7.80. The highest BCUT2D eigenvalue weighted by Crippen LogP contribution is 2.32. The van der Waals surface area contributed by atoms with Crippen LogP contribution in [0.1, 0.15) is 0 Å². The zero-order valence-electron chi connectivity index (χ0n) is 14.0. The first kappa shape index (κ1) is 16.4. The zero-order chi connectivity index (χ0) is 18.3. The van der Waals surface area contributed by atoms with Crippen molar-refractivity contribution in [2.75, 3.05) is 32.2 Å². The van der Waals surface area contributed by atoms with E-state index in [1.54, 1.807) is 11.0 Å². The Bertz CT molecular complexity index is 941. The molecule has 0 aliphatic carbocycles. The van der Waals surface area contributed by atoms with Crippen LogP contribution in [0.2, 0.25) is 0 Å². The van der Waals surface area contributed by atoms with Crippen LogP contribution in [-0.2, 0) is 0 Å². The molecule has 3 aromatic heterocycles. The lowest BCUT2D eigenvalue weighted by Crippen LogP contribution is -2.23. The van der Waals surface area contributed by atoms with Gasteiger partial charge in [0.2, 0.25) is 5.88 Å². The third kappa shape index (κ3) is 2.65. The Morgan fingerprint density at radius 2 is 1.85 bits per heavy atom. The molecule has 0 saturated carbocycles.